The summed E-state index contributed by atoms with van der Waals surface area (Å²) in [5.74, 6) is -1.39. The third-order valence-electron chi connectivity index (χ3n) is 3.49. The second kappa shape index (κ2) is 6.49. The predicted molar refractivity (Wildman–Crippen MR) is 87.8 cm³/mol. The fraction of sp³-hybridized carbons (Fsp3) is 0.429. The number of hydrogen-bond donors (Lipinski definition) is 0. The van der Waals surface area contributed by atoms with Crippen molar-refractivity contribution in [2.24, 2.45) is 0 Å². The fourth-order valence-corrected chi connectivity index (χ4v) is 3.55. The summed E-state index contributed by atoms with van der Waals surface area (Å²) in [5.41, 5.74) is 1.19. The number of rotatable bonds is 4. The van der Waals surface area contributed by atoms with E-state index in [0.29, 0.717) is 17.5 Å². The molecular weight excluding hydrogens is 381 g/mol. The Balaban J connectivity index is 2.83. The Morgan fingerprint density at radius 3 is 2.32 bits per heavy atom. The van der Waals surface area contributed by atoms with Crippen molar-refractivity contribution < 1.29 is 21.6 Å². The van der Waals surface area contributed by atoms with Crippen molar-refractivity contribution in [3.05, 3.63) is 29.1 Å². The van der Waals surface area contributed by atoms with Crippen LogP contribution in [0.15, 0.2) is 17.0 Å². The van der Waals surface area contributed by atoms with Gasteiger partial charge >= 0.3 is 6.18 Å². The largest absolute Gasteiger partial charge is 0.453 e. The highest BCUT2D eigenvalue weighted by Crippen LogP contribution is 2.32. The van der Waals surface area contributed by atoms with E-state index in [1.807, 2.05) is 0 Å². The topological polar surface area (TPSA) is 68.1 Å². The third-order valence-corrected chi connectivity index (χ3v) is 4.96. The molecule has 138 valence electrons. The molecule has 2 aromatic rings. The molecule has 2 rings (SSSR count). The maximum Gasteiger partial charge on any atom is 0.453 e. The first kappa shape index (κ1) is 19.5. The maximum absolute atomic E-state index is 13.0. The molecule has 0 N–H and O–H groups in total. The average Bonchev–Trinajstić information content (AvgIpc) is 2.90. The van der Waals surface area contributed by atoms with Crippen LogP contribution in [-0.2, 0) is 21.6 Å². The Kier molecular flexibility index (Phi) is 5.06. The Morgan fingerprint density at radius 2 is 1.88 bits per heavy atom. The van der Waals surface area contributed by atoms with Gasteiger partial charge in [0.1, 0.15) is 0 Å². The van der Waals surface area contributed by atoms with Crippen LogP contribution in [0.4, 0.5) is 19.1 Å². The van der Waals surface area contributed by atoms with Crippen LogP contribution >= 0.6 is 10.7 Å². The van der Waals surface area contributed by atoms with Crippen molar-refractivity contribution in [2.45, 2.75) is 31.3 Å². The van der Waals surface area contributed by atoms with Crippen LogP contribution in [0.5, 0.6) is 0 Å². The van der Waals surface area contributed by atoms with Gasteiger partial charge in [-0.25, -0.2) is 8.42 Å². The molecule has 0 atom stereocenters. The van der Waals surface area contributed by atoms with Crippen LogP contribution < -0.4 is 4.90 Å². The van der Waals surface area contributed by atoms with E-state index in [0.717, 1.165) is 4.68 Å². The predicted octanol–water partition coefficient (Wildman–Crippen LogP) is 3.15. The Morgan fingerprint density at radius 1 is 1.28 bits per heavy atom. The highest BCUT2D eigenvalue weighted by Gasteiger charge is 2.38. The monoisotopic (exact) mass is 396 g/mol. The van der Waals surface area contributed by atoms with Gasteiger partial charge in [0.05, 0.1) is 10.6 Å². The number of halogens is 4. The van der Waals surface area contributed by atoms with Gasteiger partial charge in [-0.05, 0) is 30.5 Å². The summed E-state index contributed by atoms with van der Waals surface area (Å²) in [7, 11) is 4.39. The van der Waals surface area contributed by atoms with E-state index in [-0.39, 0.29) is 16.5 Å². The number of aryl methyl sites for hydroxylation is 2. The average molecular weight is 397 g/mol. The molecule has 0 saturated carbocycles. The molecule has 0 fully saturated rings. The van der Waals surface area contributed by atoms with Crippen LogP contribution in [0, 0.1) is 6.92 Å². The van der Waals surface area contributed by atoms with Gasteiger partial charge in [0.25, 0.3) is 14.9 Å². The van der Waals surface area contributed by atoms with E-state index in [1.54, 1.807) is 19.9 Å². The number of aromatic nitrogens is 3. The molecule has 0 aliphatic heterocycles. The van der Waals surface area contributed by atoms with Gasteiger partial charge in [0.2, 0.25) is 5.95 Å². The first-order valence-electron chi connectivity index (χ1n) is 7.16. The zero-order chi connectivity index (χ0) is 19.2. The second-order valence-corrected chi connectivity index (χ2v) is 8.11. The second-order valence-electron chi connectivity index (χ2n) is 5.58. The quantitative estimate of drug-likeness (QED) is 0.742. The maximum atomic E-state index is 13.0. The first-order chi connectivity index (χ1) is 11.4. The molecule has 0 radical (unpaired) electrons. The van der Waals surface area contributed by atoms with E-state index >= 15 is 0 Å². The molecule has 6 nitrogen and oxygen atoms in total. The minimum absolute atomic E-state index is 0.0798. The molecule has 0 spiro atoms. The van der Waals surface area contributed by atoms with Gasteiger partial charge in [-0.15, -0.1) is 5.10 Å². The molecule has 1 heterocycles. The summed E-state index contributed by atoms with van der Waals surface area (Å²) in [5, 5.41) is 3.54. The van der Waals surface area contributed by atoms with E-state index in [4.69, 9.17) is 10.7 Å². The highest BCUT2D eigenvalue weighted by atomic mass is 35.7. The smallest absolute Gasteiger partial charge is 0.347 e. The van der Waals surface area contributed by atoms with E-state index in [9.17, 15) is 21.6 Å². The summed E-state index contributed by atoms with van der Waals surface area (Å²) in [6, 6.07) is 2.79. The third kappa shape index (κ3) is 3.90. The summed E-state index contributed by atoms with van der Waals surface area (Å²) < 4.78 is 63.5. The molecule has 0 aliphatic rings. The highest BCUT2D eigenvalue weighted by molar-refractivity contribution is 8.13. The number of hydrogen-bond acceptors (Lipinski definition) is 5. The van der Waals surface area contributed by atoms with Crippen LogP contribution in [0.25, 0.3) is 5.69 Å². The standard InChI is InChI=1S/C14H16ClF3N4O2S/c1-5-9-6-8(2)11(25(15,23)24)7-10(9)22-13(21(3)4)19-12(20-22)14(16,17)18/h6-7H,5H2,1-4H3. The normalized spacial score (nSPS) is 12.5. The van der Waals surface area contributed by atoms with Crippen molar-refractivity contribution >= 4 is 25.7 Å². The molecule has 25 heavy (non-hydrogen) atoms. The summed E-state index contributed by atoms with van der Waals surface area (Å²) in [6.07, 6.45) is -4.28. The fourth-order valence-electron chi connectivity index (χ4n) is 2.36. The number of anilines is 1. The molecule has 1 aromatic carbocycles. The van der Waals surface area contributed by atoms with Gasteiger partial charge in [-0.2, -0.15) is 22.8 Å². The van der Waals surface area contributed by atoms with E-state index in [2.05, 4.69) is 10.1 Å². The van der Waals surface area contributed by atoms with Gasteiger partial charge in [0.15, 0.2) is 0 Å². The zero-order valence-electron chi connectivity index (χ0n) is 13.9. The molecule has 0 amide bonds. The minimum atomic E-state index is -4.73. The van der Waals surface area contributed by atoms with Crippen molar-refractivity contribution in [2.75, 3.05) is 19.0 Å². The van der Waals surface area contributed by atoms with Crippen LogP contribution in [0.3, 0.4) is 0 Å². The summed E-state index contributed by atoms with van der Waals surface area (Å²) in [6.45, 7) is 3.36. The van der Waals surface area contributed by atoms with Crippen molar-refractivity contribution in [3.63, 3.8) is 0 Å². The van der Waals surface area contributed by atoms with Crippen LogP contribution in [-0.4, -0.2) is 37.3 Å². The van der Waals surface area contributed by atoms with Crippen LogP contribution in [0.1, 0.15) is 23.9 Å². The molecule has 0 aliphatic carbocycles. The molecular formula is C14H16ClF3N4O2S. The first-order valence-corrected chi connectivity index (χ1v) is 9.47. The lowest BCUT2D eigenvalue weighted by atomic mass is 10.1. The lowest BCUT2D eigenvalue weighted by Crippen LogP contribution is -2.16. The van der Waals surface area contributed by atoms with Crippen molar-refractivity contribution in [1.29, 1.82) is 0 Å². The lowest BCUT2D eigenvalue weighted by molar-refractivity contribution is -0.144. The minimum Gasteiger partial charge on any atom is -0.347 e. The Hall–Kier alpha value is -1.81. The van der Waals surface area contributed by atoms with Gasteiger partial charge in [-0.3, -0.25) is 0 Å². The summed E-state index contributed by atoms with van der Waals surface area (Å²) in [4.78, 5) is 4.69. The van der Waals surface area contributed by atoms with E-state index in [1.165, 1.54) is 25.1 Å². The number of nitrogens with zero attached hydrogens (tertiary/aromatic N) is 4. The Labute approximate surface area is 147 Å². The van der Waals surface area contributed by atoms with Crippen molar-refractivity contribution in [1.82, 2.24) is 14.8 Å². The molecule has 11 heteroatoms. The van der Waals surface area contributed by atoms with Crippen LogP contribution in [0.2, 0.25) is 0 Å². The molecule has 0 bridgehead atoms. The van der Waals surface area contributed by atoms with Crippen molar-refractivity contribution in [3.8, 4) is 5.69 Å². The van der Waals surface area contributed by atoms with Gasteiger partial charge < -0.3 is 4.90 Å². The van der Waals surface area contributed by atoms with Gasteiger partial charge in [-0.1, -0.05) is 13.0 Å². The number of alkyl halides is 3. The molecule has 0 unspecified atom stereocenters. The Bertz CT molecular complexity index is 908. The van der Waals surface area contributed by atoms with Gasteiger partial charge in [0, 0.05) is 24.8 Å². The lowest BCUT2D eigenvalue weighted by Gasteiger charge is -2.16. The van der Waals surface area contributed by atoms with E-state index < -0.39 is 21.1 Å². The number of benzene rings is 1. The SMILES string of the molecule is CCc1cc(C)c(S(=O)(=O)Cl)cc1-n1nc(C(F)(F)F)nc1N(C)C. The zero-order valence-corrected chi connectivity index (χ0v) is 15.5. The molecule has 1 aromatic heterocycles. The summed E-state index contributed by atoms with van der Waals surface area (Å²) >= 11 is 0. The molecule has 0 saturated heterocycles.